The zero-order valence-corrected chi connectivity index (χ0v) is 9.45. The summed E-state index contributed by atoms with van der Waals surface area (Å²) in [6.07, 6.45) is 0. The van der Waals surface area contributed by atoms with E-state index in [4.69, 9.17) is 0 Å². The normalized spacial score (nSPS) is 12.0. The first-order valence-corrected chi connectivity index (χ1v) is 13.3. The second-order valence-corrected chi connectivity index (χ2v) is 20.9. The van der Waals surface area contributed by atoms with Crippen molar-refractivity contribution < 1.29 is 0 Å². The zero-order valence-electron chi connectivity index (χ0n) is 4.81. The monoisotopic (exact) mass is 244 g/mol. The molecule has 7 heavy (non-hydrogen) atoms. The van der Waals surface area contributed by atoms with Crippen LogP contribution in [0.15, 0.2) is 0 Å². The van der Waals surface area contributed by atoms with E-state index in [0.29, 0.717) is 0 Å². The number of thiol groups is 2. The van der Waals surface area contributed by atoms with Crippen molar-refractivity contribution in [3.63, 3.8) is 0 Å². The Hall–Kier alpha value is 1.50. The van der Waals surface area contributed by atoms with Gasteiger partial charge in [-0.3, -0.25) is 0 Å². The maximum atomic E-state index is 4.23. The van der Waals surface area contributed by atoms with E-state index in [2.05, 4.69) is 35.1 Å². The summed E-state index contributed by atoms with van der Waals surface area (Å²) in [5, 5.41) is 0. The molecular formula is C4H12S2Sn. The fraction of sp³-hybridized carbons (Fsp3) is 1.00. The van der Waals surface area contributed by atoms with E-state index >= 15 is 0 Å². The van der Waals surface area contributed by atoms with Gasteiger partial charge in [0.25, 0.3) is 0 Å². The van der Waals surface area contributed by atoms with Crippen molar-refractivity contribution in [2.75, 3.05) is 7.54 Å². The molecule has 0 bridgehead atoms. The SMILES string of the molecule is [CH3][Sn]([CH3])([CH2]S)[CH2]S. The van der Waals surface area contributed by atoms with Gasteiger partial charge in [0.2, 0.25) is 0 Å². The molecule has 0 aromatic heterocycles. The Morgan fingerprint density at radius 1 is 1.14 bits per heavy atom. The predicted octanol–water partition coefficient (Wildman–Crippen LogP) is 1.63. The summed E-state index contributed by atoms with van der Waals surface area (Å²) >= 11 is 6.90. The molecule has 0 aliphatic carbocycles. The Morgan fingerprint density at radius 2 is 1.43 bits per heavy atom. The van der Waals surface area contributed by atoms with Gasteiger partial charge in [0.1, 0.15) is 0 Å². The summed E-state index contributed by atoms with van der Waals surface area (Å²) in [5.74, 6) is 0. The van der Waals surface area contributed by atoms with E-state index in [1.807, 2.05) is 0 Å². The Balaban J connectivity index is 3.36. The quantitative estimate of drug-likeness (QED) is 0.534. The summed E-state index contributed by atoms with van der Waals surface area (Å²) in [4.78, 5) is 4.71. The van der Waals surface area contributed by atoms with Crippen molar-refractivity contribution >= 4 is 43.6 Å². The van der Waals surface area contributed by atoms with Crippen LogP contribution in [-0.4, -0.2) is 25.9 Å². The van der Waals surface area contributed by atoms with Gasteiger partial charge in [-0.15, -0.1) is 0 Å². The van der Waals surface area contributed by atoms with Crippen LogP contribution in [0.1, 0.15) is 0 Å². The van der Waals surface area contributed by atoms with Gasteiger partial charge in [-0.05, 0) is 0 Å². The van der Waals surface area contributed by atoms with Gasteiger partial charge in [0.05, 0.1) is 0 Å². The fourth-order valence-corrected chi connectivity index (χ4v) is 3.02. The molecule has 0 radical (unpaired) electrons. The summed E-state index contributed by atoms with van der Waals surface area (Å²) in [6.45, 7) is 0. The van der Waals surface area contributed by atoms with Gasteiger partial charge in [0.15, 0.2) is 0 Å². The summed E-state index contributed by atoms with van der Waals surface area (Å²) in [6, 6.07) is 0. The molecule has 0 nitrogen and oxygen atoms in total. The molecule has 0 spiro atoms. The Morgan fingerprint density at radius 3 is 1.43 bits per heavy atom. The van der Waals surface area contributed by atoms with Crippen molar-refractivity contribution in [3.8, 4) is 0 Å². The van der Waals surface area contributed by atoms with Gasteiger partial charge in [0, 0.05) is 0 Å². The van der Waals surface area contributed by atoms with E-state index < -0.39 is 18.4 Å². The first kappa shape index (κ1) is 8.50. The van der Waals surface area contributed by atoms with Gasteiger partial charge in [-0.1, -0.05) is 0 Å². The van der Waals surface area contributed by atoms with Crippen LogP contribution in [0, 0.1) is 0 Å². The summed E-state index contributed by atoms with van der Waals surface area (Å²) in [5.41, 5.74) is 0. The predicted molar refractivity (Wildman–Crippen MR) is 45.2 cm³/mol. The zero-order chi connectivity index (χ0) is 5.91. The van der Waals surface area contributed by atoms with Crippen LogP contribution >= 0.6 is 25.3 Å². The van der Waals surface area contributed by atoms with E-state index in [0.717, 1.165) is 7.54 Å². The average molecular weight is 243 g/mol. The third-order valence-electron chi connectivity index (χ3n) is 0.856. The molecule has 0 atom stereocenters. The van der Waals surface area contributed by atoms with Crippen LogP contribution in [0.2, 0.25) is 9.88 Å². The van der Waals surface area contributed by atoms with E-state index in [9.17, 15) is 0 Å². The molecule has 0 saturated carbocycles. The second-order valence-electron chi connectivity index (χ2n) is 2.48. The van der Waals surface area contributed by atoms with E-state index in [1.165, 1.54) is 0 Å². The van der Waals surface area contributed by atoms with Crippen LogP contribution in [-0.2, 0) is 0 Å². The molecule has 0 aromatic carbocycles. The molecule has 0 fully saturated rings. The minimum atomic E-state index is -1.55. The number of rotatable bonds is 2. The standard InChI is InChI=1S/2CH3S.2CH3.Sn/c2*1-2;;;/h2*2H,1H2;2*1H3;. The second kappa shape index (κ2) is 3.51. The molecule has 0 heterocycles. The molecule has 0 aliphatic heterocycles. The fourth-order valence-electron chi connectivity index (χ4n) is 0.0500. The summed E-state index contributed by atoms with van der Waals surface area (Å²) < 4.78 is 2.25. The molecule has 0 unspecified atom stereocenters. The molecule has 0 saturated heterocycles. The topological polar surface area (TPSA) is 0 Å². The molecule has 0 rings (SSSR count). The summed E-state index contributed by atoms with van der Waals surface area (Å²) in [7, 11) is 0. The van der Waals surface area contributed by atoms with E-state index in [1.54, 1.807) is 0 Å². The molecule has 44 valence electrons. The van der Waals surface area contributed by atoms with Crippen molar-refractivity contribution in [1.82, 2.24) is 0 Å². The first-order valence-electron chi connectivity index (χ1n) is 2.34. The Labute approximate surface area is 60.8 Å². The average Bonchev–Trinajstić information content (AvgIpc) is 1.68. The third kappa shape index (κ3) is 4.03. The van der Waals surface area contributed by atoms with Crippen LogP contribution in [0.25, 0.3) is 0 Å². The maximum absolute atomic E-state index is 4.23. The van der Waals surface area contributed by atoms with Gasteiger partial charge in [-0.25, -0.2) is 0 Å². The van der Waals surface area contributed by atoms with Crippen LogP contribution in [0.5, 0.6) is 0 Å². The van der Waals surface area contributed by atoms with Crippen LogP contribution in [0.3, 0.4) is 0 Å². The first-order chi connectivity index (χ1) is 3.12. The van der Waals surface area contributed by atoms with Crippen LogP contribution < -0.4 is 0 Å². The van der Waals surface area contributed by atoms with Crippen molar-refractivity contribution in [2.24, 2.45) is 0 Å². The van der Waals surface area contributed by atoms with E-state index in [-0.39, 0.29) is 0 Å². The molecule has 0 aromatic rings. The molecule has 3 heteroatoms. The molecule has 0 N–H and O–H groups in total. The molecular weight excluding hydrogens is 231 g/mol. The van der Waals surface area contributed by atoms with Crippen molar-refractivity contribution in [3.05, 3.63) is 0 Å². The Kier molecular flexibility index (Phi) is 4.26. The number of hydrogen-bond donors (Lipinski definition) is 2. The van der Waals surface area contributed by atoms with Gasteiger partial charge in [-0.2, -0.15) is 0 Å². The third-order valence-corrected chi connectivity index (χ3v) is 17.2. The van der Waals surface area contributed by atoms with Crippen LogP contribution in [0.4, 0.5) is 0 Å². The molecule has 0 amide bonds. The minimum absolute atomic E-state index is 1.12. The van der Waals surface area contributed by atoms with Crippen molar-refractivity contribution in [2.45, 2.75) is 9.88 Å². The molecule has 0 aliphatic rings. The van der Waals surface area contributed by atoms with Gasteiger partial charge < -0.3 is 0 Å². The van der Waals surface area contributed by atoms with Gasteiger partial charge >= 0.3 is 61.1 Å². The number of hydrogen-bond acceptors (Lipinski definition) is 2. The Bertz CT molecular complexity index is 47.7. The van der Waals surface area contributed by atoms with Crippen molar-refractivity contribution in [1.29, 1.82) is 0 Å².